The first-order valence-corrected chi connectivity index (χ1v) is 6.37. The molecule has 0 aliphatic heterocycles. The number of rotatable bonds is 4. The Morgan fingerprint density at radius 2 is 2.00 bits per heavy atom. The Bertz CT molecular complexity index is 465. The van der Waals surface area contributed by atoms with E-state index in [0.29, 0.717) is 0 Å². The summed E-state index contributed by atoms with van der Waals surface area (Å²) in [5.74, 6) is -5.64. The number of nitrogens with one attached hydrogen (secondary N) is 1. The number of carbonyl (C=O) groups is 2. The van der Waals surface area contributed by atoms with Gasteiger partial charge < -0.3 is 10.1 Å². The third-order valence-electron chi connectivity index (χ3n) is 2.08. The number of hydrogen-bond donors (Lipinski definition) is 1. The average molecular weight is 369 g/mol. The quantitative estimate of drug-likeness (QED) is 0.504. The van der Waals surface area contributed by atoms with Crippen LogP contribution in [0.2, 0.25) is 0 Å². The van der Waals surface area contributed by atoms with Gasteiger partial charge in [0.15, 0.2) is 0 Å². The van der Waals surface area contributed by atoms with E-state index in [2.05, 4.69) is 4.74 Å². The Hall–Kier alpha value is -1.25. The molecular formula is C11H10F2INO3. The first kappa shape index (κ1) is 14.8. The van der Waals surface area contributed by atoms with Gasteiger partial charge >= 0.3 is 11.9 Å². The normalized spacial score (nSPS) is 10.9. The van der Waals surface area contributed by atoms with Crippen LogP contribution in [0.1, 0.15) is 10.4 Å². The number of carbonyl (C=O) groups excluding carboxylic acids is 2. The molecule has 0 aliphatic rings. The van der Waals surface area contributed by atoms with Crippen molar-refractivity contribution >= 4 is 40.2 Å². The molecule has 7 heteroatoms. The van der Waals surface area contributed by atoms with Crippen molar-refractivity contribution in [2.45, 2.75) is 5.92 Å². The SMILES string of the molecule is COC(=O)c1ccccc1NC(=O)C(F)(F)CI. The van der Waals surface area contributed by atoms with Crippen molar-refractivity contribution in [2.24, 2.45) is 0 Å². The second kappa shape index (κ2) is 6.07. The number of methoxy groups -OCH3 is 1. The van der Waals surface area contributed by atoms with Crippen LogP contribution < -0.4 is 5.32 Å². The minimum Gasteiger partial charge on any atom is -0.465 e. The maximum atomic E-state index is 13.1. The molecule has 1 amide bonds. The van der Waals surface area contributed by atoms with E-state index in [1.807, 2.05) is 5.32 Å². The first-order chi connectivity index (χ1) is 8.42. The van der Waals surface area contributed by atoms with Crippen LogP contribution in [0.4, 0.5) is 14.5 Å². The molecular weight excluding hydrogens is 359 g/mol. The summed E-state index contributed by atoms with van der Waals surface area (Å²) in [4.78, 5) is 22.7. The second-order valence-corrected chi connectivity index (χ2v) is 4.09. The third kappa shape index (κ3) is 3.37. The monoisotopic (exact) mass is 369 g/mol. The van der Waals surface area contributed by atoms with Crippen LogP contribution >= 0.6 is 22.6 Å². The van der Waals surface area contributed by atoms with E-state index in [-0.39, 0.29) is 11.3 Å². The summed E-state index contributed by atoms with van der Waals surface area (Å²) in [6, 6.07) is 5.79. The average Bonchev–Trinajstić information content (AvgIpc) is 2.38. The van der Waals surface area contributed by atoms with Gasteiger partial charge in [-0.1, -0.05) is 34.7 Å². The van der Waals surface area contributed by atoms with Crippen molar-refractivity contribution in [1.29, 1.82) is 0 Å². The number of halogens is 3. The van der Waals surface area contributed by atoms with Gasteiger partial charge in [-0.2, -0.15) is 8.78 Å². The zero-order valence-electron chi connectivity index (χ0n) is 9.38. The summed E-state index contributed by atoms with van der Waals surface area (Å²) in [6.45, 7) is 0. The van der Waals surface area contributed by atoms with Gasteiger partial charge in [0.2, 0.25) is 0 Å². The van der Waals surface area contributed by atoms with Crippen molar-refractivity contribution in [3.05, 3.63) is 29.8 Å². The summed E-state index contributed by atoms with van der Waals surface area (Å²) < 4.78 is 30.1. The predicted octanol–water partition coefficient (Wildman–Crippen LogP) is 2.48. The molecule has 0 aromatic heterocycles. The predicted molar refractivity (Wildman–Crippen MR) is 70.2 cm³/mol. The highest BCUT2D eigenvalue weighted by Gasteiger charge is 2.37. The number of para-hydroxylation sites is 1. The van der Waals surface area contributed by atoms with Gasteiger partial charge in [-0.3, -0.25) is 4.79 Å². The van der Waals surface area contributed by atoms with Crippen LogP contribution in [-0.2, 0) is 9.53 Å². The molecule has 1 rings (SSSR count). The highest BCUT2D eigenvalue weighted by Crippen LogP contribution is 2.22. The lowest BCUT2D eigenvalue weighted by molar-refractivity contribution is -0.136. The van der Waals surface area contributed by atoms with E-state index < -0.39 is 22.2 Å². The summed E-state index contributed by atoms with van der Waals surface area (Å²) in [5, 5.41) is 2.02. The Kier molecular flexibility index (Phi) is 5.00. The summed E-state index contributed by atoms with van der Waals surface area (Å²) in [5.41, 5.74) is 0.0245. The largest absolute Gasteiger partial charge is 0.465 e. The zero-order chi connectivity index (χ0) is 13.8. The van der Waals surface area contributed by atoms with Crippen molar-refractivity contribution in [3.8, 4) is 0 Å². The number of benzene rings is 1. The highest BCUT2D eigenvalue weighted by atomic mass is 127. The Morgan fingerprint density at radius 1 is 1.39 bits per heavy atom. The van der Waals surface area contributed by atoms with Gasteiger partial charge in [-0.15, -0.1) is 0 Å². The van der Waals surface area contributed by atoms with Crippen LogP contribution in [0.25, 0.3) is 0 Å². The molecule has 18 heavy (non-hydrogen) atoms. The van der Waals surface area contributed by atoms with Crippen LogP contribution in [0.15, 0.2) is 24.3 Å². The minimum atomic E-state index is -3.48. The topological polar surface area (TPSA) is 55.4 Å². The second-order valence-electron chi connectivity index (χ2n) is 3.33. The van der Waals surface area contributed by atoms with E-state index in [4.69, 9.17) is 0 Å². The van der Waals surface area contributed by atoms with Gasteiger partial charge in [0.25, 0.3) is 5.91 Å². The summed E-state index contributed by atoms with van der Waals surface area (Å²) in [7, 11) is 1.17. The number of esters is 1. The van der Waals surface area contributed by atoms with Crippen molar-refractivity contribution < 1.29 is 23.1 Å². The van der Waals surface area contributed by atoms with Crippen LogP contribution in [0.3, 0.4) is 0 Å². The number of ether oxygens (including phenoxy) is 1. The highest BCUT2D eigenvalue weighted by molar-refractivity contribution is 14.1. The molecule has 1 N–H and O–H groups in total. The fraction of sp³-hybridized carbons (Fsp3) is 0.273. The zero-order valence-corrected chi connectivity index (χ0v) is 11.5. The third-order valence-corrected chi connectivity index (χ3v) is 3.04. The smallest absolute Gasteiger partial charge is 0.339 e. The number of anilines is 1. The Morgan fingerprint density at radius 3 is 2.56 bits per heavy atom. The van der Waals surface area contributed by atoms with Crippen molar-refractivity contribution in [3.63, 3.8) is 0 Å². The molecule has 1 aromatic rings. The van der Waals surface area contributed by atoms with Crippen molar-refractivity contribution in [2.75, 3.05) is 16.9 Å². The molecule has 0 aliphatic carbocycles. The number of amides is 1. The molecule has 0 radical (unpaired) electrons. The molecule has 0 bridgehead atoms. The van der Waals surface area contributed by atoms with Gasteiger partial charge in [0.05, 0.1) is 22.8 Å². The maximum Gasteiger partial charge on any atom is 0.339 e. The van der Waals surface area contributed by atoms with Gasteiger partial charge in [0.1, 0.15) is 0 Å². The number of alkyl halides is 3. The van der Waals surface area contributed by atoms with E-state index >= 15 is 0 Å². The molecule has 1 aromatic carbocycles. The fourth-order valence-electron chi connectivity index (χ4n) is 1.15. The lowest BCUT2D eigenvalue weighted by atomic mass is 10.1. The van der Waals surface area contributed by atoms with Crippen LogP contribution in [-0.4, -0.2) is 29.3 Å². The molecule has 0 spiro atoms. The molecule has 0 unspecified atom stereocenters. The van der Waals surface area contributed by atoms with E-state index in [1.165, 1.54) is 47.9 Å². The molecule has 0 saturated heterocycles. The van der Waals surface area contributed by atoms with Crippen LogP contribution in [0, 0.1) is 0 Å². The molecule has 0 atom stereocenters. The number of hydrogen-bond acceptors (Lipinski definition) is 3. The molecule has 4 nitrogen and oxygen atoms in total. The molecule has 0 fully saturated rings. The molecule has 98 valence electrons. The van der Waals surface area contributed by atoms with E-state index in [0.717, 1.165) is 0 Å². The first-order valence-electron chi connectivity index (χ1n) is 4.85. The van der Waals surface area contributed by atoms with Crippen molar-refractivity contribution in [1.82, 2.24) is 0 Å². The molecule has 0 saturated carbocycles. The summed E-state index contributed by atoms with van der Waals surface area (Å²) >= 11 is 1.42. The van der Waals surface area contributed by atoms with Gasteiger partial charge in [-0.05, 0) is 12.1 Å². The maximum absolute atomic E-state index is 13.1. The van der Waals surface area contributed by atoms with E-state index in [9.17, 15) is 18.4 Å². The van der Waals surface area contributed by atoms with E-state index in [1.54, 1.807) is 6.07 Å². The van der Waals surface area contributed by atoms with Gasteiger partial charge in [-0.25, -0.2) is 4.79 Å². The summed E-state index contributed by atoms with van der Waals surface area (Å²) in [6.07, 6.45) is 0. The Labute approximate surface area is 116 Å². The standard InChI is InChI=1S/C11H10F2INO3/c1-18-9(16)7-4-2-3-5-8(7)15-10(17)11(12,13)6-14/h2-5H,6H2,1H3,(H,15,17). The fourth-order valence-corrected chi connectivity index (χ4v) is 1.50. The Balaban J connectivity index is 2.98. The van der Waals surface area contributed by atoms with Crippen LogP contribution in [0.5, 0.6) is 0 Å². The lowest BCUT2D eigenvalue weighted by Gasteiger charge is -2.14. The molecule has 0 heterocycles. The van der Waals surface area contributed by atoms with Gasteiger partial charge in [0, 0.05) is 0 Å². The minimum absolute atomic E-state index is 0.00104. The lowest BCUT2D eigenvalue weighted by Crippen LogP contribution is -2.36.